The van der Waals surface area contributed by atoms with Crippen LogP contribution < -0.4 is 0 Å². The largest absolute Gasteiger partial charge is 0.457 e. The number of carbonyl (C=O) groups is 2. The Hall–Kier alpha value is -3.46. The van der Waals surface area contributed by atoms with E-state index < -0.39 is 0 Å². The van der Waals surface area contributed by atoms with Gasteiger partial charge in [0.1, 0.15) is 11.5 Å². The van der Waals surface area contributed by atoms with Crippen molar-refractivity contribution < 1.29 is 14.0 Å². The van der Waals surface area contributed by atoms with Crippen LogP contribution in [0, 0.1) is 13.8 Å². The lowest BCUT2D eigenvalue weighted by atomic mass is 10.1. The Bertz CT molecular complexity index is 919. The fourth-order valence-electron chi connectivity index (χ4n) is 2.49. The van der Waals surface area contributed by atoms with Gasteiger partial charge in [-0.25, -0.2) is 0 Å². The van der Waals surface area contributed by atoms with Gasteiger partial charge >= 0.3 is 0 Å². The number of rotatable bonds is 6. The summed E-state index contributed by atoms with van der Waals surface area (Å²) in [5.41, 5.74) is 3.48. The number of benzene rings is 2. The first kappa shape index (κ1) is 18.3. The van der Waals surface area contributed by atoms with Crippen molar-refractivity contribution in [1.29, 1.82) is 0 Å². The molecular weight excluding hydrogens is 336 g/mol. The molecule has 134 valence electrons. The van der Waals surface area contributed by atoms with Crippen LogP contribution in [-0.2, 0) is 0 Å². The van der Waals surface area contributed by atoms with E-state index in [1.165, 1.54) is 12.2 Å². The van der Waals surface area contributed by atoms with E-state index >= 15 is 0 Å². The molecule has 1 heterocycles. The highest BCUT2D eigenvalue weighted by Crippen LogP contribution is 2.13. The van der Waals surface area contributed by atoms with Crippen LogP contribution in [0.25, 0.3) is 12.2 Å². The summed E-state index contributed by atoms with van der Waals surface area (Å²) in [6.07, 6.45) is 6.21. The highest BCUT2D eigenvalue weighted by molar-refractivity contribution is 6.07. The molecule has 3 heteroatoms. The van der Waals surface area contributed by atoms with Gasteiger partial charge in [-0.3, -0.25) is 9.59 Å². The maximum Gasteiger partial charge on any atom is 0.185 e. The highest BCUT2D eigenvalue weighted by Gasteiger charge is 2.04. The van der Waals surface area contributed by atoms with Crippen LogP contribution >= 0.6 is 0 Å². The lowest BCUT2D eigenvalue weighted by Crippen LogP contribution is -1.93. The summed E-state index contributed by atoms with van der Waals surface area (Å²) in [6.45, 7) is 3.96. The van der Waals surface area contributed by atoms with Gasteiger partial charge in [0.2, 0.25) is 0 Å². The van der Waals surface area contributed by atoms with Crippen LogP contribution in [0.1, 0.15) is 43.4 Å². The van der Waals surface area contributed by atoms with Crippen LogP contribution in [0.2, 0.25) is 0 Å². The molecule has 0 radical (unpaired) electrons. The molecule has 0 N–H and O–H groups in total. The molecule has 0 aliphatic heterocycles. The van der Waals surface area contributed by atoms with Crippen LogP contribution in [0.5, 0.6) is 0 Å². The molecule has 27 heavy (non-hydrogen) atoms. The Morgan fingerprint density at radius 3 is 1.37 bits per heavy atom. The SMILES string of the molecule is Cc1ccc(C(=O)/C=C/c2ccc(/C=C/C(=O)c3ccc(C)cc3)o2)cc1. The van der Waals surface area contributed by atoms with Gasteiger partial charge in [0.25, 0.3) is 0 Å². The van der Waals surface area contributed by atoms with Crippen LogP contribution in [0.4, 0.5) is 0 Å². The molecule has 0 unspecified atom stereocenters. The second kappa shape index (κ2) is 8.28. The van der Waals surface area contributed by atoms with E-state index in [2.05, 4.69) is 0 Å². The smallest absolute Gasteiger partial charge is 0.185 e. The highest BCUT2D eigenvalue weighted by atomic mass is 16.3. The standard InChI is InChI=1S/C24H20O3/c1-17-3-7-19(8-4-17)23(25)15-13-21-11-12-22(27-21)14-16-24(26)20-9-5-18(2)6-10-20/h3-16H,1-2H3/b15-13+,16-14+. The Morgan fingerprint density at radius 1 is 0.630 bits per heavy atom. The molecule has 0 aliphatic rings. The summed E-state index contributed by atoms with van der Waals surface area (Å²) in [6, 6.07) is 18.3. The van der Waals surface area contributed by atoms with Crippen molar-refractivity contribution in [2.45, 2.75) is 13.8 Å². The van der Waals surface area contributed by atoms with E-state index in [4.69, 9.17) is 4.42 Å². The van der Waals surface area contributed by atoms with E-state index in [0.29, 0.717) is 22.6 Å². The van der Waals surface area contributed by atoms with Crippen molar-refractivity contribution in [1.82, 2.24) is 0 Å². The molecule has 0 bridgehead atoms. The number of aryl methyl sites for hydroxylation is 2. The van der Waals surface area contributed by atoms with Gasteiger partial charge in [0.05, 0.1) is 0 Å². The van der Waals surface area contributed by atoms with E-state index in [9.17, 15) is 9.59 Å². The molecule has 2 aromatic carbocycles. The Labute approximate surface area is 158 Å². The van der Waals surface area contributed by atoms with Crippen molar-refractivity contribution >= 4 is 23.7 Å². The molecule has 0 saturated heterocycles. The molecule has 3 aromatic rings. The third-order valence-corrected chi connectivity index (χ3v) is 4.12. The van der Waals surface area contributed by atoms with E-state index in [0.717, 1.165) is 11.1 Å². The number of carbonyl (C=O) groups excluding carboxylic acids is 2. The van der Waals surface area contributed by atoms with E-state index in [1.807, 2.05) is 38.1 Å². The first-order chi connectivity index (χ1) is 13.0. The van der Waals surface area contributed by atoms with Crippen molar-refractivity contribution in [2.24, 2.45) is 0 Å². The van der Waals surface area contributed by atoms with Crippen molar-refractivity contribution in [3.8, 4) is 0 Å². The van der Waals surface area contributed by atoms with E-state index in [1.54, 1.807) is 48.6 Å². The topological polar surface area (TPSA) is 47.3 Å². The van der Waals surface area contributed by atoms with Gasteiger partial charge < -0.3 is 4.42 Å². The number of furan rings is 1. The Balaban J connectivity index is 1.64. The quantitative estimate of drug-likeness (QED) is 0.421. The molecule has 3 nitrogen and oxygen atoms in total. The van der Waals surface area contributed by atoms with Gasteiger partial charge in [-0.15, -0.1) is 0 Å². The number of allylic oxidation sites excluding steroid dienone is 2. The first-order valence-corrected chi connectivity index (χ1v) is 8.69. The summed E-state index contributed by atoms with van der Waals surface area (Å²) in [4.78, 5) is 24.3. The van der Waals surface area contributed by atoms with Gasteiger partial charge in [0, 0.05) is 11.1 Å². The fraction of sp³-hybridized carbons (Fsp3) is 0.0833. The minimum Gasteiger partial charge on any atom is -0.457 e. The zero-order valence-corrected chi connectivity index (χ0v) is 15.3. The fourth-order valence-corrected chi connectivity index (χ4v) is 2.49. The maximum atomic E-state index is 12.1. The van der Waals surface area contributed by atoms with Crippen LogP contribution in [0.3, 0.4) is 0 Å². The maximum absolute atomic E-state index is 12.1. The van der Waals surface area contributed by atoms with Crippen LogP contribution in [-0.4, -0.2) is 11.6 Å². The molecule has 0 aliphatic carbocycles. The molecule has 1 aromatic heterocycles. The van der Waals surface area contributed by atoms with Gasteiger partial charge in [-0.2, -0.15) is 0 Å². The zero-order valence-electron chi connectivity index (χ0n) is 15.3. The average molecular weight is 356 g/mol. The first-order valence-electron chi connectivity index (χ1n) is 8.69. The molecule has 0 spiro atoms. The molecule has 0 atom stereocenters. The third kappa shape index (κ3) is 5.02. The summed E-state index contributed by atoms with van der Waals surface area (Å²) in [7, 11) is 0. The molecule has 3 rings (SSSR count). The lowest BCUT2D eigenvalue weighted by molar-refractivity contribution is 0.103. The molecule has 0 fully saturated rings. The normalized spacial score (nSPS) is 11.3. The molecule has 0 amide bonds. The summed E-state index contributed by atoms with van der Waals surface area (Å²) in [5, 5.41) is 0. The van der Waals surface area contributed by atoms with Gasteiger partial charge in [-0.1, -0.05) is 59.7 Å². The monoisotopic (exact) mass is 356 g/mol. The summed E-state index contributed by atoms with van der Waals surface area (Å²) >= 11 is 0. The summed E-state index contributed by atoms with van der Waals surface area (Å²) < 4.78 is 5.62. The number of ketones is 2. The van der Waals surface area contributed by atoms with Gasteiger partial charge in [-0.05, 0) is 50.3 Å². The third-order valence-electron chi connectivity index (χ3n) is 4.12. The minimum absolute atomic E-state index is 0.0851. The minimum atomic E-state index is -0.0851. The van der Waals surface area contributed by atoms with Crippen molar-refractivity contribution in [3.05, 3.63) is 107 Å². The summed E-state index contributed by atoms with van der Waals surface area (Å²) in [5.74, 6) is 0.937. The number of hydrogen-bond donors (Lipinski definition) is 0. The average Bonchev–Trinajstić information content (AvgIpc) is 3.13. The zero-order chi connectivity index (χ0) is 19.2. The second-order valence-electron chi connectivity index (χ2n) is 6.37. The number of hydrogen-bond acceptors (Lipinski definition) is 3. The predicted molar refractivity (Wildman–Crippen MR) is 108 cm³/mol. The van der Waals surface area contributed by atoms with E-state index in [-0.39, 0.29) is 11.6 Å². The molecule has 0 saturated carbocycles. The Kier molecular flexibility index (Phi) is 5.62. The second-order valence-corrected chi connectivity index (χ2v) is 6.37. The van der Waals surface area contributed by atoms with Gasteiger partial charge in [0.15, 0.2) is 11.6 Å². The van der Waals surface area contributed by atoms with Crippen molar-refractivity contribution in [2.75, 3.05) is 0 Å². The Morgan fingerprint density at radius 2 is 1.00 bits per heavy atom. The molecular formula is C24H20O3. The van der Waals surface area contributed by atoms with Crippen LogP contribution in [0.15, 0.2) is 77.2 Å². The predicted octanol–water partition coefficient (Wildman–Crippen LogP) is 5.69. The van der Waals surface area contributed by atoms with Crippen molar-refractivity contribution in [3.63, 3.8) is 0 Å². The lowest BCUT2D eigenvalue weighted by Gasteiger charge is -1.96.